The van der Waals surface area contributed by atoms with Gasteiger partial charge in [0.2, 0.25) is 5.78 Å². The van der Waals surface area contributed by atoms with Gasteiger partial charge < -0.3 is 19.5 Å². The van der Waals surface area contributed by atoms with Gasteiger partial charge >= 0.3 is 0 Å². The van der Waals surface area contributed by atoms with Gasteiger partial charge in [0.1, 0.15) is 6.54 Å². The number of ketones is 1. The Morgan fingerprint density at radius 3 is 2.72 bits per heavy atom. The molecule has 0 saturated carbocycles. The smallest absolute Gasteiger partial charge is 0.279 e. The van der Waals surface area contributed by atoms with E-state index in [4.69, 9.17) is 16.3 Å². The second kappa shape index (κ2) is 9.57. The molecule has 0 spiro atoms. The van der Waals surface area contributed by atoms with E-state index < -0.39 is 0 Å². The van der Waals surface area contributed by atoms with Crippen molar-refractivity contribution in [3.8, 4) is 0 Å². The maximum absolute atomic E-state index is 12.9. The number of para-hydroxylation sites is 1. The number of aromatic nitrogens is 1. The van der Waals surface area contributed by atoms with E-state index in [9.17, 15) is 9.59 Å². The molecule has 29 heavy (non-hydrogen) atoms. The van der Waals surface area contributed by atoms with Crippen molar-refractivity contribution in [3.05, 3.63) is 52.3 Å². The van der Waals surface area contributed by atoms with Crippen LogP contribution in [0, 0.1) is 13.8 Å². The van der Waals surface area contributed by atoms with Crippen molar-refractivity contribution in [1.29, 1.82) is 0 Å². The molecule has 1 amide bonds. The first kappa shape index (κ1) is 21.6. The zero-order chi connectivity index (χ0) is 21.0. The van der Waals surface area contributed by atoms with E-state index in [2.05, 4.69) is 9.88 Å². The lowest BCUT2D eigenvalue weighted by Gasteiger charge is -2.15. The van der Waals surface area contributed by atoms with E-state index in [0.717, 1.165) is 47.8 Å². The molecular weight excluding hydrogens is 390 g/mol. The highest BCUT2D eigenvalue weighted by Gasteiger charge is 2.23. The van der Waals surface area contributed by atoms with E-state index in [-0.39, 0.29) is 30.9 Å². The first-order valence-electron chi connectivity index (χ1n) is 10.0. The number of ether oxygens (including phenoxy) is 1. The maximum atomic E-state index is 12.9. The molecule has 2 heterocycles. The lowest BCUT2D eigenvalue weighted by Crippen LogP contribution is -3.11. The highest BCUT2D eigenvalue weighted by molar-refractivity contribution is 6.33. The van der Waals surface area contributed by atoms with Crippen molar-refractivity contribution in [2.45, 2.75) is 39.3 Å². The number of hydrogen-bond acceptors (Lipinski definition) is 3. The number of likely N-dealkylation sites (N-methyl/N-ethyl adjacent to an activating group) is 1. The fourth-order valence-electron chi connectivity index (χ4n) is 3.82. The minimum atomic E-state index is -0.174. The number of amides is 1. The zero-order valence-electron chi connectivity index (χ0n) is 17.3. The number of anilines is 1. The highest BCUT2D eigenvalue weighted by Crippen LogP contribution is 2.21. The van der Waals surface area contributed by atoms with Crippen molar-refractivity contribution in [2.75, 3.05) is 32.1 Å². The normalized spacial score (nSPS) is 17.3. The van der Waals surface area contributed by atoms with Crippen LogP contribution in [-0.4, -0.2) is 49.1 Å². The van der Waals surface area contributed by atoms with Gasteiger partial charge in [0.25, 0.3) is 5.91 Å². The number of halogens is 1. The molecule has 1 unspecified atom stereocenters. The molecule has 1 aliphatic rings. The number of carbonyl (C=O) groups excluding carboxylic acids is 2. The van der Waals surface area contributed by atoms with E-state index in [1.165, 1.54) is 0 Å². The average Bonchev–Trinajstić information content (AvgIpc) is 3.27. The Hall–Kier alpha value is -2.15. The van der Waals surface area contributed by atoms with Crippen LogP contribution in [0.1, 0.15) is 34.6 Å². The van der Waals surface area contributed by atoms with Crippen LogP contribution in [0.15, 0.2) is 30.3 Å². The van der Waals surface area contributed by atoms with Gasteiger partial charge in [-0.15, -0.1) is 0 Å². The third-order valence-electron chi connectivity index (χ3n) is 5.36. The number of aryl methyl sites for hydroxylation is 1. The molecule has 2 N–H and O–H groups in total. The number of hydrogen-bond donors (Lipinski definition) is 2. The summed E-state index contributed by atoms with van der Waals surface area (Å²) in [5.41, 5.74) is 3.34. The first-order valence-corrected chi connectivity index (χ1v) is 10.4. The lowest BCUT2D eigenvalue weighted by molar-refractivity contribution is -0.861. The number of carbonyl (C=O) groups is 2. The van der Waals surface area contributed by atoms with Crippen molar-refractivity contribution in [3.63, 3.8) is 0 Å². The topological polar surface area (TPSA) is 64.8 Å². The van der Waals surface area contributed by atoms with Crippen LogP contribution >= 0.6 is 11.6 Å². The molecule has 0 radical (unpaired) electrons. The molecule has 2 atom stereocenters. The molecule has 1 aliphatic heterocycles. The maximum Gasteiger partial charge on any atom is 0.279 e. The van der Waals surface area contributed by atoms with Gasteiger partial charge in [-0.2, -0.15) is 0 Å². The van der Waals surface area contributed by atoms with Crippen LogP contribution in [0.3, 0.4) is 0 Å². The Labute approximate surface area is 176 Å². The molecule has 2 aromatic rings. The molecule has 0 aliphatic carbocycles. The summed E-state index contributed by atoms with van der Waals surface area (Å²) in [6.45, 7) is 6.04. The molecule has 3 rings (SSSR count). The predicted octanol–water partition coefficient (Wildman–Crippen LogP) is 2.27. The fraction of sp³-hybridized carbons (Fsp3) is 0.455. The molecule has 1 aromatic carbocycles. The number of nitrogens with zero attached hydrogens (tertiary/aromatic N) is 1. The van der Waals surface area contributed by atoms with E-state index in [1.807, 2.05) is 39.1 Å². The number of quaternary nitrogens is 1. The van der Waals surface area contributed by atoms with Crippen molar-refractivity contribution >= 4 is 29.0 Å². The number of Topliss-reactive ketones (excluding diaryl/α,β-unsaturated/α-hetero) is 1. The van der Waals surface area contributed by atoms with Crippen molar-refractivity contribution in [1.82, 2.24) is 4.57 Å². The molecule has 0 bridgehead atoms. The summed E-state index contributed by atoms with van der Waals surface area (Å²) < 4.78 is 7.91. The van der Waals surface area contributed by atoms with Crippen LogP contribution in [-0.2, 0) is 16.1 Å². The van der Waals surface area contributed by atoms with E-state index >= 15 is 0 Å². The Kier molecular flexibility index (Phi) is 7.11. The van der Waals surface area contributed by atoms with Gasteiger partial charge in [-0.05, 0) is 44.9 Å². The molecule has 7 heteroatoms. The summed E-state index contributed by atoms with van der Waals surface area (Å²) >= 11 is 6.08. The van der Waals surface area contributed by atoms with Crippen LogP contribution < -0.4 is 10.2 Å². The van der Waals surface area contributed by atoms with Gasteiger partial charge in [-0.25, -0.2) is 0 Å². The fourth-order valence-corrected chi connectivity index (χ4v) is 4.00. The molecule has 1 aromatic heterocycles. The minimum Gasteiger partial charge on any atom is -0.376 e. The number of benzene rings is 1. The highest BCUT2D eigenvalue weighted by atomic mass is 35.5. The second-order valence-electron chi connectivity index (χ2n) is 7.79. The lowest BCUT2D eigenvalue weighted by atomic mass is 10.1. The minimum absolute atomic E-state index is 0.0414. The van der Waals surface area contributed by atoms with Gasteiger partial charge in [0, 0.05) is 30.1 Å². The molecule has 1 fully saturated rings. The van der Waals surface area contributed by atoms with Gasteiger partial charge in [0.15, 0.2) is 6.54 Å². The van der Waals surface area contributed by atoms with Crippen molar-refractivity contribution < 1.29 is 19.2 Å². The second-order valence-corrected chi connectivity index (χ2v) is 8.20. The largest absolute Gasteiger partial charge is 0.376 e. The zero-order valence-corrected chi connectivity index (χ0v) is 18.0. The summed E-state index contributed by atoms with van der Waals surface area (Å²) in [7, 11) is 1.84. The Morgan fingerprint density at radius 2 is 2.03 bits per heavy atom. The van der Waals surface area contributed by atoms with Crippen LogP contribution in [0.4, 0.5) is 5.69 Å². The van der Waals surface area contributed by atoms with Crippen molar-refractivity contribution in [2.24, 2.45) is 0 Å². The monoisotopic (exact) mass is 418 g/mol. The summed E-state index contributed by atoms with van der Waals surface area (Å²) in [5, 5.41) is 3.29. The SMILES string of the molecule is Cc1cc(C(=O)C[NH+](C)CC(=O)Nc2ccccc2Cl)c(C)n1C[C@H]1CCCO1. The van der Waals surface area contributed by atoms with Gasteiger partial charge in [-0.1, -0.05) is 23.7 Å². The first-order chi connectivity index (χ1) is 13.8. The van der Waals surface area contributed by atoms with Crippen LogP contribution in [0.5, 0.6) is 0 Å². The standard InChI is InChI=1S/C22H28ClN3O3/c1-15-11-18(16(2)26(15)12-17-7-6-10-29-17)21(27)13-25(3)14-22(28)24-20-9-5-4-8-19(20)23/h4-5,8-9,11,17H,6-7,10,12-14H2,1-3H3,(H,24,28)/p+1/t17-/m1/s1. The molecular formula is C22H29ClN3O3+. The quantitative estimate of drug-likeness (QED) is 0.646. The third kappa shape index (κ3) is 5.47. The predicted molar refractivity (Wildman–Crippen MR) is 114 cm³/mol. The van der Waals surface area contributed by atoms with E-state index in [0.29, 0.717) is 10.7 Å². The molecule has 1 saturated heterocycles. The molecule has 156 valence electrons. The summed E-state index contributed by atoms with van der Waals surface area (Å²) in [5.74, 6) is -0.132. The van der Waals surface area contributed by atoms with Crippen LogP contribution in [0.2, 0.25) is 5.02 Å². The average molecular weight is 419 g/mol. The van der Waals surface area contributed by atoms with Gasteiger partial charge in [-0.3, -0.25) is 9.59 Å². The van der Waals surface area contributed by atoms with E-state index in [1.54, 1.807) is 12.1 Å². The summed E-state index contributed by atoms with van der Waals surface area (Å²) in [6.07, 6.45) is 2.39. The summed E-state index contributed by atoms with van der Waals surface area (Å²) in [4.78, 5) is 26.0. The Bertz CT molecular complexity index is 887. The Balaban J connectivity index is 1.58. The molecule has 6 nitrogen and oxygen atoms in total. The number of nitrogens with one attached hydrogen (secondary N) is 2. The Morgan fingerprint density at radius 1 is 1.28 bits per heavy atom. The number of rotatable bonds is 8. The third-order valence-corrected chi connectivity index (χ3v) is 5.69. The summed E-state index contributed by atoms with van der Waals surface area (Å²) in [6, 6.07) is 9.05. The van der Waals surface area contributed by atoms with Crippen LogP contribution in [0.25, 0.3) is 0 Å². The van der Waals surface area contributed by atoms with Gasteiger partial charge in [0.05, 0.1) is 23.9 Å².